The lowest BCUT2D eigenvalue weighted by atomic mass is 9.76. The zero-order valence-corrected chi connectivity index (χ0v) is 7.84. The Morgan fingerprint density at radius 2 is 2.25 bits per heavy atom. The monoisotopic (exact) mass is 172 g/mol. The van der Waals surface area contributed by atoms with E-state index in [2.05, 4.69) is 12.2 Å². The minimum absolute atomic E-state index is 0.203. The summed E-state index contributed by atoms with van der Waals surface area (Å²) in [6.45, 7) is 3.09. The second-order valence-corrected chi connectivity index (χ2v) is 3.90. The fourth-order valence-electron chi connectivity index (χ4n) is 1.80. The lowest BCUT2D eigenvalue weighted by Gasteiger charge is -2.44. The fourth-order valence-corrected chi connectivity index (χ4v) is 1.80. The second-order valence-electron chi connectivity index (χ2n) is 3.90. The van der Waals surface area contributed by atoms with Gasteiger partial charge >= 0.3 is 0 Å². The first-order valence-electron chi connectivity index (χ1n) is 4.81. The Morgan fingerprint density at radius 1 is 1.58 bits per heavy atom. The maximum atomic E-state index is 8.73. The molecule has 12 heavy (non-hydrogen) atoms. The summed E-state index contributed by atoms with van der Waals surface area (Å²) >= 11 is 0. The highest BCUT2D eigenvalue weighted by atomic mass is 16.3. The Kier molecular flexibility index (Phi) is 3.50. The van der Waals surface area contributed by atoms with Gasteiger partial charge in [0.05, 0.1) is 0 Å². The van der Waals surface area contributed by atoms with Gasteiger partial charge in [-0.2, -0.15) is 0 Å². The molecule has 1 rings (SSSR count). The number of hydrogen-bond donors (Lipinski definition) is 3. The van der Waals surface area contributed by atoms with Gasteiger partial charge in [-0.15, -0.1) is 0 Å². The topological polar surface area (TPSA) is 58.3 Å². The molecule has 1 aliphatic carbocycles. The fraction of sp³-hybridized carbons (Fsp3) is 1.00. The third kappa shape index (κ3) is 2.19. The van der Waals surface area contributed by atoms with Crippen molar-refractivity contribution in [3.63, 3.8) is 0 Å². The van der Waals surface area contributed by atoms with Crippen LogP contribution in [-0.4, -0.2) is 29.8 Å². The Bertz CT molecular complexity index is 129. The van der Waals surface area contributed by atoms with Gasteiger partial charge < -0.3 is 16.2 Å². The third-order valence-corrected chi connectivity index (χ3v) is 2.82. The summed E-state index contributed by atoms with van der Waals surface area (Å²) in [5.74, 6) is 0. The number of aliphatic hydroxyl groups excluding tert-OH is 1. The summed E-state index contributed by atoms with van der Waals surface area (Å²) in [4.78, 5) is 0. The van der Waals surface area contributed by atoms with Crippen LogP contribution in [0.25, 0.3) is 0 Å². The van der Waals surface area contributed by atoms with Crippen LogP contribution < -0.4 is 11.1 Å². The SMILES string of the molecule is CC(CCO)NC1(CN)CCC1. The third-order valence-electron chi connectivity index (χ3n) is 2.82. The number of hydrogen-bond acceptors (Lipinski definition) is 3. The summed E-state index contributed by atoms with van der Waals surface area (Å²) < 4.78 is 0. The van der Waals surface area contributed by atoms with Crippen molar-refractivity contribution in [2.75, 3.05) is 13.2 Å². The Hall–Kier alpha value is -0.120. The molecule has 0 amide bonds. The molecule has 0 aromatic heterocycles. The highest BCUT2D eigenvalue weighted by Crippen LogP contribution is 2.31. The molecule has 3 heteroatoms. The van der Waals surface area contributed by atoms with Gasteiger partial charge in [0.2, 0.25) is 0 Å². The molecule has 0 radical (unpaired) electrons. The van der Waals surface area contributed by atoms with Crippen LogP contribution in [0, 0.1) is 0 Å². The van der Waals surface area contributed by atoms with E-state index >= 15 is 0 Å². The molecule has 0 saturated heterocycles. The minimum Gasteiger partial charge on any atom is -0.396 e. The average Bonchev–Trinajstić information content (AvgIpc) is 1.97. The van der Waals surface area contributed by atoms with Gasteiger partial charge in [0.25, 0.3) is 0 Å². The van der Waals surface area contributed by atoms with E-state index in [1.807, 2.05) is 0 Å². The minimum atomic E-state index is 0.203. The normalized spacial score (nSPS) is 23.2. The van der Waals surface area contributed by atoms with E-state index in [4.69, 9.17) is 10.8 Å². The van der Waals surface area contributed by atoms with Crippen molar-refractivity contribution in [3.05, 3.63) is 0 Å². The van der Waals surface area contributed by atoms with Crippen LogP contribution in [0.1, 0.15) is 32.6 Å². The average molecular weight is 172 g/mol. The zero-order chi connectivity index (χ0) is 9.03. The smallest absolute Gasteiger partial charge is 0.0445 e. The van der Waals surface area contributed by atoms with Crippen LogP contribution in [0.2, 0.25) is 0 Å². The zero-order valence-electron chi connectivity index (χ0n) is 7.84. The molecular formula is C9H20N2O. The molecule has 3 nitrogen and oxygen atoms in total. The van der Waals surface area contributed by atoms with Gasteiger partial charge in [0.15, 0.2) is 0 Å². The van der Waals surface area contributed by atoms with Gasteiger partial charge in [-0.1, -0.05) is 0 Å². The summed E-state index contributed by atoms with van der Waals surface area (Å²) in [6, 6.07) is 0.388. The van der Waals surface area contributed by atoms with Crippen LogP contribution in [0.5, 0.6) is 0 Å². The molecule has 0 aromatic carbocycles. The predicted octanol–water partition coefficient (Wildman–Crippen LogP) is 0.228. The number of nitrogens with one attached hydrogen (secondary N) is 1. The van der Waals surface area contributed by atoms with Crippen molar-refractivity contribution in [2.24, 2.45) is 5.73 Å². The van der Waals surface area contributed by atoms with Crippen molar-refractivity contribution < 1.29 is 5.11 Å². The molecule has 1 fully saturated rings. The molecule has 1 aliphatic rings. The van der Waals surface area contributed by atoms with E-state index < -0.39 is 0 Å². The van der Waals surface area contributed by atoms with Crippen molar-refractivity contribution in [1.29, 1.82) is 0 Å². The molecular weight excluding hydrogens is 152 g/mol. The molecule has 72 valence electrons. The maximum Gasteiger partial charge on any atom is 0.0445 e. The van der Waals surface area contributed by atoms with Gasteiger partial charge in [0.1, 0.15) is 0 Å². The van der Waals surface area contributed by atoms with Gasteiger partial charge in [-0.3, -0.25) is 0 Å². The van der Waals surface area contributed by atoms with E-state index in [0.717, 1.165) is 13.0 Å². The molecule has 1 unspecified atom stereocenters. The summed E-state index contributed by atoms with van der Waals surface area (Å²) in [6.07, 6.45) is 4.50. The quantitative estimate of drug-likeness (QED) is 0.556. The largest absolute Gasteiger partial charge is 0.396 e. The van der Waals surface area contributed by atoms with Crippen molar-refractivity contribution in [2.45, 2.75) is 44.2 Å². The van der Waals surface area contributed by atoms with E-state index in [0.29, 0.717) is 6.04 Å². The van der Waals surface area contributed by atoms with Gasteiger partial charge in [-0.25, -0.2) is 0 Å². The van der Waals surface area contributed by atoms with Crippen LogP contribution in [-0.2, 0) is 0 Å². The van der Waals surface area contributed by atoms with Crippen molar-refractivity contribution in [3.8, 4) is 0 Å². The van der Waals surface area contributed by atoms with Gasteiger partial charge in [0, 0.05) is 24.7 Å². The van der Waals surface area contributed by atoms with Crippen LogP contribution in [0.4, 0.5) is 0 Å². The van der Waals surface area contributed by atoms with E-state index in [-0.39, 0.29) is 12.1 Å². The first-order valence-corrected chi connectivity index (χ1v) is 4.81. The number of aliphatic hydroxyl groups is 1. The highest BCUT2D eigenvalue weighted by Gasteiger charge is 2.35. The lowest BCUT2D eigenvalue weighted by Crippen LogP contribution is -2.59. The van der Waals surface area contributed by atoms with Crippen LogP contribution in [0.3, 0.4) is 0 Å². The van der Waals surface area contributed by atoms with E-state index in [9.17, 15) is 0 Å². The first kappa shape index (κ1) is 9.96. The van der Waals surface area contributed by atoms with E-state index in [1.165, 1.54) is 19.3 Å². The summed E-state index contributed by atoms with van der Waals surface area (Å²) in [5.41, 5.74) is 5.89. The summed E-state index contributed by atoms with van der Waals surface area (Å²) in [7, 11) is 0. The molecule has 0 bridgehead atoms. The van der Waals surface area contributed by atoms with Crippen molar-refractivity contribution in [1.82, 2.24) is 5.32 Å². The Balaban J connectivity index is 2.27. The molecule has 0 aromatic rings. The predicted molar refractivity (Wildman–Crippen MR) is 49.9 cm³/mol. The van der Waals surface area contributed by atoms with E-state index in [1.54, 1.807) is 0 Å². The summed E-state index contributed by atoms with van der Waals surface area (Å²) in [5, 5.41) is 12.2. The second kappa shape index (κ2) is 4.21. The lowest BCUT2D eigenvalue weighted by molar-refractivity contribution is 0.161. The molecule has 1 atom stereocenters. The Labute approximate surface area is 74.3 Å². The molecule has 4 N–H and O–H groups in total. The molecule has 0 heterocycles. The number of rotatable bonds is 5. The highest BCUT2D eigenvalue weighted by molar-refractivity contribution is 4.97. The van der Waals surface area contributed by atoms with Crippen LogP contribution in [0.15, 0.2) is 0 Å². The molecule has 1 saturated carbocycles. The maximum absolute atomic E-state index is 8.73. The molecule has 0 spiro atoms. The van der Waals surface area contributed by atoms with Gasteiger partial charge in [-0.05, 0) is 32.6 Å². The van der Waals surface area contributed by atoms with Crippen molar-refractivity contribution >= 4 is 0 Å². The first-order chi connectivity index (χ1) is 5.72. The molecule has 0 aliphatic heterocycles. The number of nitrogens with two attached hydrogens (primary N) is 1. The Morgan fingerprint density at radius 3 is 2.58 bits per heavy atom. The van der Waals surface area contributed by atoms with Crippen LogP contribution >= 0.6 is 0 Å². The standard InChI is InChI=1S/C9H20N2O/c1-8(3-6-12)11-9(7-10)4-2-5-9/h8,11-12H,2-7,10H2,1H3.